The van der Waals surface area contributed by atoms with Gasteiger partial charge in [-0.05, 0) is 42.1 Å². The Bertz CT molecular complexity index is 999. The molecule has 128 valence electrons. The van der Waals surface area contributed by atoms with Crippen molar-refractivity contribution in [3.05, 3.63) is 81.8 Å². The first-order valence-corrected chi connectivity index (χ1v) is 7.72. The van der Waals surface area contributed by atoms with Crippen molar-refractivity contribution in [1.29, 1.82) is 0 Å². The molecular weight excluding hydrogens is 326 g/mol. The van der Waals surface area contributed by atoms with Gasteiger partial charge in [0.2, 0.25) is 0 Å². The number of hydrogen-bond acceptors (Lipinski definition) is 2. The minimum atomic E-state index is -1.09. The summed E-state index contributed by atoms with van der Waals surface area (Å²) in [6.07, 6.45) is 1.43. The second kappa shape index (κ2) is 6.47. The quantitative estimate of drug-likeness (QED) is 0.790. The molecule has 0 saturated carbocycles. The average Bonchev–Trinajstić information content (AvgIpc) is 2.62. The van der Waals surface area contributed by atoms with Crippen LogP contribution >= 0.6 is 0 Å². The van der Waals surface area contributed by atoms with Crippen molar-refractivity contribution in [2.45, 2.75) is 13.0 Å². The van der Waals surface area contributed by atoms with E-state index in [1.807, 2.05) is 6.07 Å². The summed E-state index contributed by atoms with van der Waals surface area (Å²) in [6, 6.07) is 10.1. The second-order valence-corrected chi connectivity index (χ2v) is 5.84. The molecule has 0 fully saturated rings. The van der Waals surface area contributed by atoms with Crippen LogP contribution in [0.15, 0.2) is 53.5 Å². The number of amides is 1. The summed E-state index contributed by atoms with van der Waals surface area (Å²) in [5.74, 6) is -2.34. The largest absolute Gasteiger partial charge is 0.335 e. The molecule has 0 radical (unpaired) electrons. The van der Waals surface area contributed by atoms with Gasteiger partial charge in [-0.1, -0.05) is 18.2 Å². The van der Waals surface area contributed by atoms with Crippen molar-refractivity contribution in [3.8, 4) is 0 Å². The standard InChI is InChI=1S/C19H16F2N2O2/c1-11(23(2)19(25)12-6-4-3-5-7-12)15-10-22-18(24)14-9-17(21)16(20)8-13(14)15/h3-11H,1-2H3,(H,22,24). The van der Waals surface area contributed by atoms with E-state index in [0.29, 0.717) is 11.1 Å². The van der Waals surface area contributed by atoms with Gasteiger partial charge in [0.15, 0.2) is 11.6 Å². The van der Waals surface area contributed by atoms with Gasteiger partial charge in [0.1, 0.15) is 0 Å². The number of rotatable bonds is 3. The van der Waals surface area contributed by atoms with E-state index < -0.39 is 23.2 Å². The van der Waals surface area contributed by atoms with E-state index in [1.54, 1.807) is 38.2 Å². The lowest BCUT2D eigenvalue weighted by molar-refractivity contribution is 0.0743. The maximum absolute atomic E-state index is 13.7. The molecule has 0 bridgehead atoms. The number of benzene rings is 2. The lowest BCUT2D eigenvalue weighted by atomic mass is 10.0. The average molecular weight is 342 g/mol. The molecule has 0 aliphatic rings. The Morgan fingerprint density at radius 1 is 1.08 bits per heavy atom. The minimum Gasteiger partial charge on any atom is -0.335 e. The van der Waals surface area contributed by atoms with Crippen LogP contribution in [0.2, 0.25) is 0 Å². The van der Waals surface area contributed by atoms with E-state index in [2.05, 4.69) is 4.98 Å². The third kappa shape index (κ3) is 3.03. The van der Waals surface area contributed by atoms with Crippen LogP contribution in [0, 0.1) is 11.6 Å². The van der Waals surface area contributed by atoms with Crippen LogP contribution in [0.1, 0.15) is 28.9 Å². The lowest BCUT2D eigenvalue weighted by Gasteiger charge is -2.26. The summed E-state index contributed by atoms with van der Waals surface area (Å²) < 4.78 is 27.2. The summed E-state index contributed by atoms with van der Waals surface area (Å²) in [5, 5.41) is 0.326. The first-order valence-electron chi connectivity index (χ1n) is 7.72. The van der Waals surface area contributed by atoms with E-state index in [9.17, 15) is 18.4 Å². The number of halogens is 2. The molecule has 3 aromatic rings. The molecule has 1 atom stereocenters. The Labute approximate surface area is 142 Å². The first-order chi connectivity index (χ1) is 11.9. The Morgan fingerprint density at radius 3 is 2.32 bits per heavy atom. The number of nitrogens with one attached hydrogen (secondary N) is 1. The molecule has 1 N–H and O–H groups in total. The maximum atomic E-state index is 13.7. The Hall–Kier alpha value is -3.02. The molecule has 1 amide bonds. The van der Waals surface area contributed by atoms with E-state index in [4.69, 9.17) is 0 Å². The van der Waals surface area contributed by atoms with Crippen molar-refractivity contribution in [2.24, 2.45) is 0 Å². The van der Waals surface area contributed by atoms with Gasteiger partial charge in [-0.25, -0.2) is 8.78 Å². The molecule has 0 spiro atoms. The maximum Gasteiger partial charge on any atom is 0.255 e. The molecule has 0 aliphatic carbocycles. The molecule has 25 heavy (non-hydrogen) atoms. The molecule has 1 aromatic heterocycles. The van der Waals surface area contributed by atoms with Crippen LogP contribution in [-0.2, 0) is 0 Å². The third-order valence-corrected chi connectivity index (χ3v) is 4.35. The Morgan fingerprint density at radius 2 is 1.68 bits per heavy atom. The summed E-state index contributed by atoms with van der Waals surface area (Å²) in [6.45, 7) is 1.76. The summed E-state index contributed by atoms with van der Waals surface area (Å²) in [5.41, 5.74) is 0.532. The zero-order valence-electron chi connectivity index (χ0n) is 13.7. The Kier molecular flexibility index (Phi) is 4.35. The van der Waals surface area contributed by atoms with Crippen molar-refractivity contribution in [2.75, 3.05) is 7.05 Å². The first kappa shape index (κ1) is 16.8. The van der Waals surface area contributed by atoms with Crippen molar-refractivity contribution >= 4 is 16.7 Å². The molecule has 1 unspecified atom stereocenters. The van der Waals surface area contributed by atoms with Crippen molar-refractivity contribution in [3.63, 3.8) is 0 Å². The van der Waals surface area contributed by atoms with Gasteiger partial charge in [0, 0.05) is 18.8 Å². The van der Waals surface area contributed by atoms with E-state index in [1.165, 1.54) is 11.1 Å². The van der Waals surface area contributed by atoms with Gasteiger partial charge in [0.05, 0.1) is 11.4 Å². The van der Waals surface area contributed by atoms with Gasteiger partial charge in [-0.15, -0.1) is 0 Å². The molecule has 0 aliphatic heterocycles. The second-order valence-electron chi connectivity index (χ2n) is 5.84. The minimum absolute atomic E-state index is 0.0452. The molecule has 3 rings (SSSR count). The lowest BCUT2D eigenvalue weighted by Crippen LogP contribution is -2.30. The number of fused-ring (bicyclic) bond motifs is 1. The Balaban J connectivity index is 2.07. The number of nitrogens with zero attached hydrogens (tertiary/aromatic N) is 1. The van der Waals surface area contributed by atoms with Crippen LogP contribution in [0.4, 0.5) is 8.78 Å². The number of H-pyrrole nitrogens is 1. The smallest absolute Gasteiger partial charge is 0.255 e. The van der Waals surface area contributed by atoms with Gasteiger partial charge in [-0.2, -0.15) is 0 Å². The molecule has 4 nitrogen and oxygen atoms in total. The fraction of sp³-hybridized carbons (Fsp3) is 0.158. The number of carbonyl (C=O) groups excluding carboxylic acids is 1. The SMILES string of the molecule is CC(c1c[nH]c(=O)c2cc(F)c(F)cc12)N(C)C(=O)c1ccccc1. The molecule has 1 heterocycles. The highest BCUT2D eigenvalue weighted by molar-refractivity contribution is 5.94. The molecular formula is C19H16F2N2O2. The van der Waals surface area contributed by atoms with Gasteiger partial charge in [0.25, 0.3) is 11.5 Å². The molecule has 2 aromatic carbocycles. The van der Waals surface area contributed by atoms with Crippen LogP contribution < -0.4 is 5.56 Å². The fourth-order valence-corrected chi connectivity index (χ4v) is 2.79. The zero-order chi connectivity index (χ0) is 18.1. The van der Waals surface area contributed by atoms with Crippen molar-refractivity contribution in [1.82, 2.24) is 9.88 Å². The summed E-state index contributed by atoms with van der Waals surface area (Å²) in [7, 11) is 1.62. The highest BCUT2D eigenvalue weighted by Gasteiger charge is 2.22. The number of aromatic nitrogens is 1. The van der Waals surface area contributed by atoms with E-state index in [-0.39, 0.29) is 16.7 Å². The summed E-state index contributed by atoms with van der Waals surface area (Å²) >= 11 is 0. The van der Waals surface area contributed by atoms with E-state index >= 15 is 0 Å². The topological polar surface area (TPSA) is 53.2 Å². The number of carbonyl (C=O) groups is 1. The van der Waals surface area contributed by atoms with Gasteiger partial charge < -0.3 is 9.88 Å². The van der Waals surface area contributed by atoms with Crippen LogP contribution in [0.25, 0.3) is 10.8 Å². The van der Waals surface area contributed by atoms with Crippen LogP contribution in [-0.4, -0.2) is 22.8 Å². The predicted molar refractivity (Wildman–Crippen MR) is 91.4 cm³/mol. The van der Waals surface area contributed by atoms with Crippen LogP contribution in [0.5, 0.6) is 0 Å². The highest BCUT2D eigenvalue weighted by atomic mass is 19.2. The van der Waals surface area contributed by atoms with Crippen LogP contribution in [0.3, 0.4) is 0 Å². The zero-order valence-corrected chi connectivity index (χ0v) is 13.7. The monoisotopic (exact) mass is 342 g/mol. The number of pyridine rings is 1. The summed E-state index contributed by atoms with van der Waals surface area (Å²) in [4.78, 5) is 28.5. The molecule has 0 saturated heterocycles. The van der Waals surface area contributed by atoms with Crippen molar-refractivity contribution < 1.29 is 13.6 Å². The third-order valence-electron chi connectivity index (χ3n) is 4.35. The van der Waals surface area contributed by atoms with Gasteiger partial charge >= 0.3 is 0 Å². The van der Waals surface area contributed by atoms with Gasteiger partial charge in [-0.3, -0.25) is 9.59 Å². The van der Waals surface area contributed by atoms with E-state index in [0.717, 1.165) is 12.1 Å². The fourth-order valence-electron chi connectivity index (χ4n) is 2.79. The molecule has 6 heteroatoms. The number of aromatic amines is 1. The highest BCUT2D eigenvalue weighted by Crippen LogP contribution is 2.27. The normalized spacial score (nSPS) is 12.2. The number of hydrogen-bond donors (Lipinski definition) is 1. The predicted octanol–water partition coefficient (Wildman–Crippen LogP) is 3.64.